The molecule has 2 aromatic carbocycles. The van der Waals surface area contributed by atoms with E-state index in [4.69, 9.17) is 11.1 Å². The molecule has 1 saturated carbocycles. The summed E-state index contributed by atoms with van der Waals surface area (Å²) in [6.07, 6.45) is 9.39. The lowest BCUT2D eigenvalue weighted by Gasteiger charge is -2.21. The number of rotatable bonds is 8. The van der Waals surface area contributed by atoms with E-state index in [-0.39, 0.29) is 0 Å². The molecule has 4 heteroatoms. The molecule has 0 aromatic heterocycles. The molecule has 3 rings (SSSR count). The quantitative estimate of drug-likeness (QED) is 0.343. The number of hydrogen-bond donors (Lipinski definition) is 3. The molecule has 1 fully saturated rings. The number of benzene rings is 2. The fourth-order valence-corrected chi connectivity index (χ4v) is 4.15. The Bertz CT molecular complexity index is 819. The molecule has 1 aliphatic rings. The maximum atomic E-state index is 7.07. The number of nitrogens with two attached hydrogens (primary N) is 1. The topological polar surface area (TPSA) is 74.3 Å². The van der Waals surface area contributed by atoms with Gasteiger partial charge in [0, 0.05) is 12.1 Å². The predicted octanol–water partition coefficient (Wildman–Crippen LogP) is 5.03. The normalized spacial score (nSPS) is 15.5. The maximum Gasteiger partial charge on any atom is 0.132 e. The minimum Gasteiger partial charge on any atom is -0.383 e. The Morgan fingerprint density at radius 1 is 1.18 bits per heavy atom. The highest BCUT2D eigenvalue weighted by Gasteiger charge is 2.12. The lowest BCUT2D eigenvalue weighted by Crippen LogP contribution is -2.19. The van der Waals surface area contributed by atoms with Gasteiger partial charge in [-0.3, -0.25) is 5.41 Å². The van der Waals surface area contributed by atoms with Gasteiger partial charge in [-0.25, -0.2) is 4.99 Å². The van der Waals surface area contributed by atoms with Gasteiger partial charge in [0.25, 0.3) is 0 Å². The number of nitrogens with zero attached hydrogens (tertiary/aromatic N) is 1. The fraction of sp³-hybridized carbons (Fsp3) is 0.417. The molecule has 4 N–H and O–H groups in total. The van der Waals surface area contributed by atoms with Crippen LogP contribution in [0.5, 0.6) is 0 Å². The Morgan fingerprint density at radius 3 is 2.75 bits per heavy atom. The molecule has 28 heavy (non-hydrogen) atoms. The molecule has 0 spiro atoms. The number of aliphatic imine (C=N–C) groups is 1. The molecule has 148 valence electrons. The fourth-order valence-electron chi connectivity index (χ4n) is 4.15. The highest BCUT2D eigenvalue weighted by atomic mass is 14.9. The molecule has 0 atom stereocenters. The summed E-state index contributed by atoms with van der Waals surface area (Å²) < 4.78 is 0. The van der Waals surface area contributed by atoms with Gasteiger partial charge in [0.05, 0.1) is 0 Å². The highest BCUT2D eigenvalue weighted by molar-refractivity contribution is 6.01. The minimum atomic E-state index is 0.376. The first kappa shape index (κ1) is 20.3. The van der Waals surface area contributed by atoms with Crippen LogP contribution < -0.4 is 11.1 Å². The Balaban J connectivity index is 1.61. The van der Waals surface area contributed by atoms with E-state index in [9.17, 15) is 0 Å². The summed E-state index contributed by atoms with van der Waals surface area (Å²) in [7, 11) is 0. The van der Waals surface area contributed by atoms with Gasteiger partial charge in [-0.2, -0.15) is 0 Å². The Hall–Kier alpha value is -2.46. The minimum absolute atomic E-state index is 0.376. The van der Waals surface area contributed by atoms with Crippen LogP contribution in [0.25, 0.3) is 11.1 Å². The van der Waals surface area contributed by atoms with Crippen LogP contribution in [0, 0.1) is 18.3 Å². The van der Waals surface area contributed by atoms with Crippen molar-refractivity contribution in [1.29, 1.82) is 5.41 Å². The van der Waals surface area contributed by atoms with Crippen LogP contribution >= 0.6 is 0 Å². The summed E-state index contributed by atoms with van der Waals surface area (Å²) in [6, 6.07) is 14.8. The van der Waals surface area contributed by atoms with Crippen LogP contribution in [0.4, 0.5) is 0 Å². The largest absolute Gasteiger partial charge is 0.383 e. The molecule has 0 unspecified atom stereocenters. The van der Waals surface area contributed by atoms with Crippen LogP contribution in [-0.2, 0) is 6.54 Å². The molecule has 0 aliphatic heterocycles. The smallest absolute Gasteiger partial charge is 0.132 e. The summed E-state index contributed by atoms with van der Waals surface area (Å²) in [4.78, 5) is 3.86. The van der Waals surface area contributed by atoms with Gasteiger partial charge in [0.15, 0.2) is 0 Å². The van der Waals surface area contributed by atoms with Crippen LogP contribution in [0.15, 0.2) is 47.5 Å². The van der Waals surface area contributed by atoms with E-state index < -0.39 is 0 Å². The first-order valence-corrected chi connectivity index (χ1v) is 10.4. The Kier molecular flexibility index (Phi) is 7.38. The van der Waals surface area contributed by atoms with Gasteiger partial charge in [-0.15, -0.1) is 0 Å². The highest BCUT2D eigenvalue weighted by Crippen LogP contribution is 2.26. The van der Waals surface area contributed by atoms with E-state index in [1.807, 2.05) is 12.1 Å². The summed E-state index contributed by atoms with van der Waals surface area (Å²) in [5, 5.41) is 10.7. The summed E-state index contributed by atoms with van der Waals surface area (Å²) in [6.45, 7) is 4.11. The average Bonchev–Trinajstić information content (AvgIpc) is 2.72. The number of nitrogens with one attached hydrogen (secondary N) is 2. The number of aryl methyl sites for hydroxylation is 1. The van der Waals surface area contributed by atoms with Crippen molar-refractivity contribution < 1.29 is 0 Å². The Morgan fingerprint density at radius 2 is 2.00 bits per heavy atom. The summed E-state index contributed by atoms with van der Waals surface area (Å²) >= 11 is 0. The second-order valence-corrected chi connectivity index (χ2v) is 7.84. The van der Waals surface area contributed by atoms with Gasteiger partial charge in [-0.1, -0.05) is 62.4 Å². The van der Waals surface area contributed by atoms with Crippen molar-refractivity contribution >= 4 is 12.2 Å². The molecular formula is C24H32N4. The molecule has 0 amide bonds. The van der Waals surface area contributed by atoms with Gasteiger partial charge < -0.3 is 11.1 Å². The van der Waals surface area contributed by atoms with Crippen LogP contribution in [0.3, 0.4) is 0 Å². The zero-order valence-corrected chi connectivity index (χ0v) is 16.9. The number of hydrogen-bond acceptors (Lipinski definition) is 2. The van der Waals surface area contributed by atoms with E-state index in [0.29, 0.717) is 5.84 Å². The molecular weight excluding hydrogens is 344 g/mol. The molecule has 0 bridgehead atoms. The third-order valence-corrected chi connectivity index (χ3v) is 5.75. The van der Waals surface area contributed by atoms with E-state index in [1.165, 1.54) is 55.2 Å². The lowest BCUT2D eigenvalue weighted by atomic mass is 9.87. The van der Waals surface area contributed by atoms with Crippen molar-refractivity contribution in [3.05, 3.63) is 59.2 Å². The van der Waals surface area contributed by atoms with Gasteiger partial charge in [0.2, 0.25) is 0 Å². The van der Waals surface area contributed by atoms with Crippen LogP contribution in [-0.4, -0.2) is 18.7 Å². The van der Waals surface area contributed by atoms with E-state index in [0.717, 1.165) is 36.5 Å². The van der Waals surface area contributed by atoms with Crippen molar-refractivity contribution in [2.75, 3.05) is 6.54 Å². The third-order valence-electron chi connectivity index (χ3n) is 5.75. The van der Waals surface area contributed by atoms with Crippen molar-refractivity contribution in [2.45, 2.75) is 52.0 Å². The molecule has 0 heterocycles. The molecule has 1 aliphatic carbocycles. The standard InChI is InChI=1S/C24H32N4/c1-18-14-22(24(26)28-17-25)10-11-23(18)21-9-5-8-20(15-21)16-27-13-12-19-6-3-2-4-7-19/h5,8-11,14-15,17,19,27H,2-4,6-7,12-13,16H2,1H3,(H3,25,26,28). The van der Waals surface area contributed by atoms with Gasteiger partial charge in [-0.05, 0) is 60.2 Å². The predicted molar refractivity (Wildman–Crippen MR) is 119 cm³/mol. The van der Waals surface area contributed by atoms with Crippen LogP contribution in [0.1, 0.15) is 55.2 Å². The summed E-state index contributed by atoms with van der Waals surface area (Å²) in [5.74, 6) is 1.30. The Labute approximate surface area is 168 Å². The molecule has 4 nitrogen and oxygen atoms in total. The van der Waals surface area contributed by atoms with Crippen LogP contribution in [0.2, 0.25) is 0 Å². The second kappa shape index (κ2) is 10.2. The van der Waals surface area contributed by atoms with Crippen molar-refractivity contribution in [3.8, 4) is 11.1 Å². The zero-order valence-electron chi connectivity index (χ0n) is 16.9. The van der Waals surface area contributed by atoms with Gasteiger partial charge in [0.1, 0.15) is 12.2 Å². The van der Waals surface area contributed by atoms with Crippen molar-refractivity contribution in [3.63, 3.8) is 0 Å². The third kappa shape index (κ3) is 5.52. The average molecular weight is 377 g/mol. The maximum absolute atomic E-state index is 7.07. The first-order chi connectivity index (χ1) is 13.7. The summed E-state index contributed by atoms with van der Waals surface area (Å²) in [5.41, 5.74) is 11.6. The zero-order chi connectivity index (χ0) is 19.8. The van der Waals surface area contributed by atoms with E-state index in [2.05, 4.69) is 47.6 Å². The molecule has 0 saturated heterocycles. The molecule has 2 aromatic rings. The monoisotopic (exact) mass is 376 g/mol. The first-order valence-electron chi connectivity index (χ1n) is 10.4. The van der Waals surface area contributed by atoms with E-state index >= 15 is 0 Å². The SMILES string of the molecule is Cc1cc(C(N)=NC=N)ccc1-c1cccc(CNCCC2CCCCC2)c1. The van der Waals surface area contributed by atoms with Gasteiger partial charge >= 0.3 is 0 Å². The van der Waals surface area contributed by atoms with Crippen molar-refractivity contribution in [1.82, 2.24) is 5.32 Å². The van der Waals surface area contributed by atoms with E-state index in [1.54, 1.807) is 0 Å². The van der Waals surface area contributed by atoms with Crippen molar-refractivity contribution in [2.24, 2.45) is 16.6 Å². The lowest BCUT2D eigenvalue weighted by molar-refractivity contribution is 0.334. The second-order valence-electron chi connectivity index (χ2n) is 7.84. The molecule has 0 radical (unpaired) electrons. The number of amidine groups is 1.